The molecule has 1 aliphatic heterocycles. The van der Waals surface area contributed by atoms with Gasteiger partial charge < -0.3 is 19.3 Å². The number of nitriles is 2. The summed E-state index contributed by atoms with van der Waals surface area (Å²) in [6, 6.07) is 20.8. The number of hydroxylamine groups is 2. The van der Waals surface area contributed by atoms with Gasteiger partial charge in [-0.2, -0.15) is 45.9 Å². The topological polar surface area (TPSA) is 294 Å². The van der Waals surface area contributed by atoms with Gasteiger partial charge in [-0.1, -0.05) is 104 Å². The predicted molar refractivity (Wildman–Crippen MR) is 372 cm³/mol. The number of amidine groups is 2. The van der Waals surface area contributed by atoms with Gasteiger partial charge in [0.15, 0.2) is 40.0 Å². The normalized spacial score (nSPS) is 13.5. The first-order valence-electron chi connectivity index (χ1n) is 29.0. The van der Waals surface area contributed by atoms with Crippen LogP contribution < -0.4 is 25.2 Å². The fourth-order valence-electron chi connectivity index (χ4n) is 9.32. The summed E-state index contributed by atoms with van der Waals surface area (Å²) in [5.41, 5.74) is 9.04. The summed E-state index contributed by atoms with van der Waals surface area (Å²) in [7, 11) is 1.51. The van der Waals surface area contributed by atoms with Gasteiger partial charge in [-0.05, 0) is 96.1 Å². The fourth-order valence-corrected chi connectivity index (χ4v) is 12.2. The number of ether oxygens (including phenoxy) is 3. The first kappa shape index (κ1) is 76.1. The lowest BCUT2D eigenvalue weighted by molar-refractivity contribution is -0.0269. The van der Waals surface area contributed by atoms with Crippen molar-refractivity contribution < 1.29 is 46.9 Å². The van der Waals surface area contributed by atoms with Crippen LogP contribution in [0.3, 0.4) is 0 Å². The molecule has 522 valence electrons. The Morgan fingerprint density at radius 1 is 0.535 bits per heavy atom. The summed E-state index contributed by atoms with van der Waals surface area (Å²) in [5, 5.41) is 53.4. The van der Waals surface area contributed by atoms with E-state index < -0.39 is 53.4 Å². The minimum absolute atomic E-state index is 0.0741. The van der Waals surface area contributed by atoms with Crippen molar-refractivity contribution >= 4 is 139 Å². The second kappa shape index (κ2) is 33.1. The molecule has 0 radical (unpaired) electrons. The standard InChI is InChI=1S/C18H16Cl2FN5O2.C16H14Cl2FN5O2.C15H9Cl2FN4O.C8H7Cl2FO.C7H3ClN4/c1-9(14-11(19)4-5-12(21)15(14)20)27-13-6-7-26-17(23-13)10(8-22-26)16-24-18(2,3)28-25-16;1-8(13-10(17)3-4-11(19)14(13)18)26-12-5-6-24-16(22-12)9(7-21-24)15(20-2)23-25;1-8(13-10(16)2-3-11(18)14(13)17)23-12-4-5-22-15(21-12)9(6-19)7-20-22;1-4(12)7-5(9)2-3-6(11)8(7)10;8-6-1-2-12-7(11-6)5(3-9)4-10-12/h4-9H,1-3H3,(H,24,25);3-8,25H,1-2H3,(H,20,23);2-5,7-8H,1H3;2-4,12H,1H3;1-2,4H/t9-;2*8-;4-;/m1111./s1. The van der Waals surface area contributed by atoms with Crippen LogP contribution in [0.1, 0.15) is 110 Å². The molecular weight excluding hydrogens is 1510 g/mol. The molecule has 0 spiro atoms. The van der Waals surface area contributed by atoms with Crippen LogP contribution in [-0.4, -0.2) is 93.1 Å². The maximum atomic E-state index is 13.8. The number of aliphatic hydroxyl groups excluding tert-OH is 1. The highest BCUT2D eigenvalue weighted by molar-refractivity contribution is 6.38. The highest BCUT2D eigenvalue weighted by Crippen LogP contribution is 2.39. The Labute approximate surface area is 615 Å². The minimum Gasteiger partial charge on any atom is -0.470 e. The second-order valence-electron chi connectivity index (χ2n) is 21.4. The first-order chi connectivity index (χ1) is 48.1. The van der Waals surface area contributed by atoms with Crippen LogP contribution in [0.5, 0.6) is 17.6 Å². The maximum Gasteiger partial charge on any atom is 0.217 e. The lowest BCUT2D eigenvalue weighted by Gasteiger charge is -2.17. The van der Waals surface area contributed by atoms with Crippen LogP contribution in [0.25, 0.3) is 22.6 Å². The van der Waals surface area contributed by atoms with Crippen molar-refractivity contribution in [1.29, 1.82) is 10.5 Å². The summed E-state index contributed by atoms with van der Waals surface area (Å²) in [5.74, 6) is -0.772. The van der Waals surface area contributed by atoms with E-state index in [-0.39, 0.29) is 48.3 Å². The third-order valence-electron chi connectivity index (χ3n) is 14.1. The number of fused-ring (bicyclic) bond motifs is 4. The Morgan fingerprint density at radius 2 is 0.901 bits per heavy atom. The summed E-state index contributed by atoms with van der Waals surface area (Å²) >= 11 is 53.3. The highest BCUT2D eigenvalue weighted by atomic mass is 35.5. The number of rotatable bonds is 12. The molecule has 0 unspecified atom stereocenters. The predicted octanol–water partition coefficient (Wildman–Crippen LogP) is 16.6. The minimum atomic E-state index is -0.860. The quantitative estimate of drug-likeness (QED) is 0.0221. The Bertz CT molecular complexity index is 5220. The molecule has 0 fully saturated rings. The molecular formula is C64H49Cl9F4N18O6. The molecule has 4 atom stereocenters. The molecule has 4 N–H and O–H groups in total. The number of hydrogen-bond acceptors (Lipinski definition) is 19. The van der Waals surface area contributed by atoms with Crippen molar-refractivity contribution in [3.8, 4) is 29.8 Å². The van der Waals surface area contributed by atoms with Crippen LogP contribution >= 0.6 is 104 Å². The summed E-state index contributed by atoms with van der Waals surface area (Å²) in [4.78, 5) is 30.8. The monoisotopic (exact) mass is 1560 g/mol. The van der Waals surface area contributed by atoms with E-state index in [4.69, 9.17) is 139 Å². The molecule has 12 aromatic rings. The molecule has 101 heavy (non-hydrogen) atoms. The lowest BCUT2D eigenvalue weighted by Crippen LogP contribution is -2.23. The number of hydrogen-bond donors (Lipinski definition) is 4. The number of aromatic nitrogens is 12. The van der Waals surface area contributed by atoms with Crippen molar-refractivity contribution in [2.45, 2.75) is 71.7 Å². The Kier molecular flexibility index (Phi) is 25.0. The molecule has 9 heterocycles. The van der Waals surface area contributed by atoms with Gasteiger partial charge in [0.05, 0.1) is 62.1 Å². The third kappa shape index (κ3) is 17.6. The highest BCUT2D eigenvalue weighted by Gasteiger charge is 2.29. The molecule has 0 bridgehead atoms. The average Bonchev–Trinajstić information content (AvgIpc) is 1.76. The molecule has 37 heteroatoms. The summed E-state index contributed by atoms with van der Waals surface area (Å²) < 4.78 is 77.4. The third-order valence-corrected chi connectivity index (χ3v) is 17.1. The molecule has 1 aliphatic rings. The van der Waals surface area contributed by atoms with E-state index in [1.165, 1.54) is 88.6 Å². The van der Waals surface area contributed by atoms with Gasteiger partial charge in [0, 0.05) is 92.4 Å². The average molecular weight is 1560 g/mol. The van der Waals surface area contributed by atoms with E-state index in [2.05, 4.69) is 55.8 Å². The second-order valence-corrected chi connectivity index (χ2v) is 24.9. The maximum absolute atomic E-state index is 13.8. The van der Waals surface area contributed by atoms with Crippen molar-refractivity contribution in [3.63, 3.8) is 0 Å². The number of halogens is 13. The zero-order valence-electron chi connectivity index (χ0n) is 53.0. The summed E-state index contributed by atoms with van der Waals surface area (Å²) in [6.07, 6.45) is 9.84. The zero-order valence-corrected chi connectivity index (χ0v) is 59.8. The van der Waals surface area contributed by atoms with Crippen LogP contribution in [0.4, 0.5) is 17.6 Å². The van der Waals surface area contributed by atoms with E-state index in [0.717, 1.165) is 6.07 Å². The van der Waals surface area contributed by atoms with Crippen LogP contribution in [0.2, 0.25) is 45.3 Å². The number of aliphatic imine (C=N–C) groups is 2. The van der Waals surface area contributed by atoms with Gasteiger partial charge in [-0.25, -0.2) is 55.9 Å². The molecule has 0 saturated carbocycles. The smallest absolute Gasteiger partial charge is 0.217 e. The SMILES string of the molecule is CN=C(NO)c1cnn2ccc(O[C@H](C)c3c(Cl)ccc(F)c3Cl)nc12.C[C@@H](O)c1c(Cl)ccc(F)c1Cl.C[C@@H](Oc1ccn2ncc(C#N)c2n1)c1c(Cl)ccc(F)c1Cl.C[C@@H](Oc1ccn2ncc(C3=NC(C)(C)ON3)c2n1)c1c(Cl)ccc(F)c1Cl.N#Cc1cnn2ccc(Cl)nc12. The molecule has 4 aromatic carbocycles. The van der Waals surface area contributed by atoms with Gasteiger partial charge in [-0.15, -0.1) is 0 Å². The van der Waals surface area contributed by atoms with Crippen molar-refractivity contribution in [2.75, 3.05) is 7.05 Å². The molecule has 24 nitrogen and oxygen atoms in total. The fraction of sp³-hybridized carbons (Fsp3) is 0.188. The zero-order chi connectivity index (χ0) is 73.3. The van der Waals surface area contributed by atoms with Crippen molar-refractivity contribution in [3.05, 3.63) is 235 Å². The largest absolute Gasteiger partial charge is 0.470 e. The van der Waals surface area contributed by atoms with E-state index >= 15 is 0 Å². The van der Waals surface area contributed by atoms with E-state index in [0.29, 0.717) is 93.5 Å². The molecule has 0 amide bonds. The molecule has 0 aliphatic carbocycles. The number of aliphatic hydroxyl groups is 1. The van der Waals surface area contributed by atoms with Crippen LogP contribution in [-0.2, 0) is 4.84 Å². The van der Waals surface area contributed by atoms with Crippen LogP contribution in [0, 0.1) is 45.9 Å². The van der Waals surface area contributed by atoms with Crippen molar-refractivity contribution in [1.82, 2.24) is 69.4 Å². The Balaban J connectivity index is 0.000000153. The summed E-state index contributed by atoms with van der Waals surface area (Å²) in [6.45, 7) is 10.2. The number of nitrogens with one attached hydrogen (secondary N) is 2. The van der Waals surface area contributed by atoms with E-state index in [1.54, 1.807) is 80.5 Å². The Hall–Kier alpha value is -9.11. The number of benzene rings is 4. The van der Waals surface area contributed by atoms with Crippen molar-refractivity contribution in [2.24, 2.45) is 9.98 Å². The van der Waals surface area contributed by atoms with Gasteiger partial charge >= 0.3 is 0 Å². The number of nitrogens with zero attached hydrogens (tertiary/aromatic N) is 16. The van der Waals surface area contributed by atoms with E-state index in [9.17, 15) is 22.7 Å². The van der Waals surface area contributed by atoms with Gasteiger partial charge in [0.2, 0.25) is 17.6 Å². The van der Waals surface area contributed by atoms with Crippen LogP contribution in [0.15, 0.2) is 132 Å². The van der Waals surface area contributed by atoms with Gasteiger partial charge in [0.1, 0.15) is 70.0 Å². The molecule has 13 rings (SSSR count). The van der Waals surface area contributed by atoms with Gasteiger partial charge in [0.25, 0.3) is 0 Å². The Morgan fingerprint density at radius 3 is 1.30 bits per heavy atom. The molecule has 0 saturated heterocycles. The van der Waals surface area contributed by atoms with E-state index in [1.807, 2.05) is 31.5 Å². The first-order valence-corrected chi connectivity index (χ1v) is 32.4. The lowest BCUT2D eigenvalue weighted by atomic mass is 10.1. The van der Waals surface area contributed by atoms with Gasteiger partial charge in [-0.3, -0.25) is 15.7 Å². The molecule has 8 aromatic heterocycles.